The van der Waals surface area contributed by atoms with Crippen LogP contribution < -0.4 is 10.9 Å². The van der Waals surface area contributed by atoms with Gasteiger partial charge >= 0.3 is 5.97 Å². The minimum absolute atomic E-state index is 0.302. The summed E-state index contributed by atoms with van der Waals surface area (Å²) in [6.45, 7) is 0.619. The van der Waals surface area contributed by atoms with E-state index < -0.39 is 12.0 Å². The van der Waals surface area contributed by atoms with Crippen LogP contribution >= 0.6 is 11.3 Å². The van der Waals surface area contributed by atoms with Crippen molar-refractivity contribution in [3.63, 3.8) is 0 Å². The second kappa shape index (κ2) is 6.27. The topological polar surface area (TPSA) is 97.1 Å². The zero-order valence-electron chi connectivity index (χ0n) is 11.9. The van der Waals surface area contributed by atoms with Gasteiger partial charge in [-0.05, 0) is 12.8 Å². The van der Waals surface area contributed by atoms with Gasteiger partial charge in [0.15, 0.2) is 0 Å². The van der Waals surface area contributed by atoms with Crippen LogP contribution in [0.1, 0.15) is 29.7 Å². The first kappa shape index (κ1) is 14.7. The molecule has 1 aliphatic heterocycles. The summed E-state index contributed by atoms with van der Waals surface area (Å²) in [4.78, 5) is 32.0. The predicted octanol–water partition coefficient (Wildman–Crippen LogP) is 1.32. The smallest absolute Gasteiger partial charge is 0.326 e. The van der Waals surface area contributed by atoms with Gasteiger partial charge in [0.05, 0.1) is 11.2 Å². The molecule has 0 saturated heterocycles. The number of carboxylic acids is 1. The van der Waals surface area contributed by atoms with Crippen LogP contribution in [-0.2, 0) is 17.6 Å². The van der Waals surface area contributed by atoms with E-state index in [0.717, 1.165) is 17.8 Å². The molecule has 2 N–H and O–H groups in total. The molecule has 0 unspecified atom stereocenters. The average molecular weight is 320 g/mol. The van der Waals surface area contributed by atoms with Crippen molar-refractivity contribution in [2.45, 2.75) is 31.7 Å². The molecule has 0 fully saturated rings. The van der Waals surface area contributed by atoms with Crippen LogP contribution in [0.3, 0.4) is 0 Å². The van der Waals surface area contributed by atoms with Gasteiger partial charge in [-0.15, -0.1) is 11.3 Å². The third-order valence-electron chi connectivity index (χ3n) is 3.67. The first-order chi connectivity index (χ1) is 10.7. The monoisotopic (exact) mass is 320 g/mol. The van der Waals surface area contributed by atoms with Crippen LogP contribution in [-0.4, -0.2) is 32.2 Å². The Hall–Kier alpha value is -2.22. The summed E-state index contributed by atoms with van der Waals surface area (Å²) in [7, 11) is 0. The maximum absolute atomic E-state index is 12.4. The molecule has 0 aromatic carbocycles. The molecular weight excluding hydrogens is 304 g/mol. The van der Waals surface area contributed by atoms with Gasteiger partial charge in [0.2, 0.25) is 0 Å². The Bertz CT molecular complexity index is 726. The summed E-state index contributed by atoms with van der Waals surface area (Å²) in [6.07, 6.45) is 5.92. The van der Waals surface area contributed by atoms with Crippen LogP contribution in [0.2, 0.25) is 0 Å². The van der Waals surface area contributed by atoms with Crippen molar-refractivity contribution in [1.29, 1.82) is 0 Å². The molecule has 22 heavy (non-hydrogen) atoms. The maximum Gasteiger partial charge on any atom is 0.326 e. The second-order valence-electron chi connectivity index (χ2n) is 5.11. The predicted molar refractivity (Wildman–Crippen MR) is 82.4 cm³/mol. The van der Waals surface area contributed by atoms with Crippen molar-refractivity contribution in [2.75, 3.05) is 11.9 Å². The van der Waals surface area contributed by atoms with Gasteiger partial charge in [0, 0.05) is 31.0 Å². The number of nitrogens with one attached hydrogen (secondary N) is 1. The molecule has 3 rings (SSSR count). The number of fused-ring (bicyclic) bond motifs is 1. The summed E-state index contributed by atoms with van der Waals surface area (Å²) in [5.74, 6) is -0.436. The van der Waals surface area contributed by atoms with Gasteiger partial charge < -0.3 is 10.4 Å². The summed E-state index contributed by atoms with van der Waals surface area (Å²) < 4.78 is 1.30. The minimum Gasteiger partial charge on any atom is -0.480 e. The molecule has 8 heteroatoms. The third kappa shape index (κ3) is 2.87. The van der Waals surface area contributed by atoms with E-state index in [1.807, 2.05) is 5.38 Å². The highest BCUT2D eigenvalue weighted by Gasteiger charge is 2.30. The van der Waals surface area contributed by atoms with Gasteiger partial charge in [-0.25, -0.2) is 14.8 Å². The third-order valence-corrected chi connectivity index (χ3v) is 4.51. The number of hydrogen-bond acceptors (Lipinski definition) is 6. The molecule has 0 amide bonds. The van der Waals surface area contributed by atoms with Crippen LogP contribution in [0, 0.1) is 0 Å². The number of nitrogens with zero attached hydrogens (tertiary/aromatic N) is 3. The Kier molecular flexibility index (Phi) is 4.19. The van der Waals surface area contributed by atoms with Gasteiger partial charge in [0.25, 0.3) is 5.56 Å². The maximum atomic E-state index is 12.4. The molecule has 2 aromatic heterocycles. The highest BCUT2D eigenvalue weighted by atomic mass is 32.1. The SMILES string of the molecule is O=C(O)[C@@H]1CCc2ncc(NCCCc3nccs3)c(=O)n21. The zero-order valence-corrected chi connectivity index (χ0v) is 12.7. The van der Waals surface area contributed by atoms with Crippen molar-refractivity contribution in [2.24, 2.45) is 0 Å². The highest BCUT2D eigenvalue weighted by Crippen LogP contribution is 2.22. The lowest BCUT2D eigenvalue weighted by Crippen LogP contribution is -2.30. The van der Waals surface area contributed by atoms with Gasteiger partial charge in [-0.3, -0.25) is 9.36 Å². The van der Waals surface area contributed by atoms with Crippen LogP contribution in [0.15, 0.2) is 22.6 Å². The van der Waals surface area contributed by atoms with Gasteiger partial charge in [0.1, 0.15) is 17.6 Å². The normalized spacial score (nSPS) is 16.5. The Morgan fingerprint density at radius 1 is 1.50 bits per heavy atom. The van der Waals surface area contributed by atoms with Crippen molar-refractivity contribution in [3.8, 4) is 0 Å². The summed E-state index contributed by atoms with van der Waals surface area (Å²) in [5, 5.41) is 15.2. The molecule has 1 aliphatic rings. The standard InChI is InChI=1S/C14H16N4O3S/c19-13-9(15-5-1-2-12-16-6-7-22-12)8-17-11-4-3-10(14(20)21)18(11)13/h6-8,10,15H,1-5H2,(H,20,21)/t10-/m0/s1. The van der Waals surface area contributed by atoms with E-state index in [0.29, 0.717) is 30.9 Å². The number of aromatic nitrogens is 3. The van der Waals surface area contributed by atoms with Crippen molar-refractivity contribution in [1.82, 2.24) is 14.5 Å². The Balaban J connectivity index is 1.66. The van der Waals surface area contributed by atoms with Crippen molar-refractivity contribution >= 4 is 23.0 Å². The fraction of sp³-hybridized carbons (Fsp3) is 0.429. The van der Waals surface area contributed by atoms with E-state index in [1.54, 1.807) is 17.5 Å². The molecule has 2 aromatic rings. The number of thiazole rings is 1. The molecule has 0 spiro atoms. The number of carbonyl (C=O) groups is 1. The largest absolute Gasteiger partial charge is 0.480 e. The molecule has 0 radical (unpaired) electrons. The van der Waals surface area contributed by atoms with Crippen LogP contribution in [0.4, 0.5) is 5.69 Å². The molecule has 7 nitrogen and oxygen atoms in total. The first-order valence-electron chi connectivity index (χ1n) is 7.12. The lowest BCUT2D eigenvalue weighted by atomic mass is 10.2. The fourth-order valence-corrected chi connectivity index (χ4v) is 3.26. The Labute approximate surface area is 130 Å². The molecule has 0 aliphatic carbocycles. The molecule has 0 saturated carbocycles. The lowest BCUT2D eigenvalue weighted by molar-refractivity contribution is -0.140. The van der Waals surface area contributed by atoms with E-state index >= 15 is 0 Å². The van der Waals surface area contributed by atoms with Gasteiger partial charge in [-0.2, -0.15) is 0 Å². The minimum atomic E-state index is -0.983. The van der Waals surface area contributed by atoms with Gasteiger partial charge in [-0.1, -0.05) is 0 Å². The van der Waals surface area contributed by atoms with E-state index in [1.165, 1.54) is 10.8 Å². The van der Waals surface area contributed by atoms with Crippen molar-refractivity contribution < 1.29 is 9.90 Å². The first-order valence-corrected chi connectivity index (χ1v) is 8.00. The van der Waals surface area contributed by atoms with E-state index in [-0.39, 0.29) is 5.56 Å². The average Bonchev–Trinajstić information content (AvgIpc) is 3.15. The number of rotatable bonds is 6. The Morgan fingerprint density at radius 3 is 3.09 bits per heavy atom. The molecular formula is C14H16N4O3S. The molecule has 116 valence electrons. The van der Waals surface area contributed by atoms with E-state index in [4.69, 9.17) is 0 Å². The number of anilines is 1. The molecule has 3 heterocycles. The van der Waals surface area contributed by atoms with Crippen LogP contribution in [0.25, 0.3) is 0 Å². The number of aliphatic carboxylic acids is 1. The van der Waals surface area contributed by atoms with Crippen LogP contribution in [0.5, 0.6) is 0 Å². The quantitative estimate of drug-likeness (QED) is 0.779. The summed E-state index contributed by atoms with van der Waals surface area (Å²) >= 11 is 1.61. The number of carboxylic acid groups (broad SMARTS) is 1. The number of hydrogen-bond donors (Lipinski definition) is 2. The summed E-state index contributed by atoms with van der Waals surface area (Å²) in [5.41, 5.74) is 0.0557. The highest BCUT2D eigenvalue weighted by molar-refractivity contribution is 7.09. The van der Waals surface area contributed by atoms with Crippen molar-refractivity contribution in [3.05, 3.63) is 39.0 Å². The van der Waals surface area contributed by atoms with E-state index in [2.05, 4.69) is 15.3 Å². The molecule has 1 atom stereocenters. The zero-order chi connectivity index (χ0) is 15.5. The fourth-order valence-electron chi connectivity index (χ4n) is 2.60. The molecule has 0 bridgehead atoms. The summed E-state index contributed by atoms with van der Waals surface area (Å²) in [6, 6.07) is -0.799. The Morgan fingerprint density at radius 2 is 2.36 bits per heavy atom. The van der Waals surface area contributed by atoms with E-state index in [9.17, 15) is 14.7 Å². The second-order valence-corrected chi connectivity index (χ2v) is 6.09. The lowest BCUT2D eigenvalue weighted by Gasteiger charge is -2.12. The number of aryl methyl sites for hydroxylation is 2.